The number of likely N-dealkylation sites (tertiary alicyclic amines) is 1. The van der Waals surface area contributed by atoms with Crippen LogP contribution in [-0.2, 0) is 6.42 Å². The van der Waals surface area contributed by atoms with Gasteiger partial charge < -0.3 is 15.0 Å². The molecule has 1 aliphatic rings. The van der Waals surface area contributed by atoms with Crippen molar-refractivity contribution in [3.8, 4) is 5.75 Å². The minimum atomic E-state index is -0.0139. The van der Waals surface area contributed by atoms with Gasteiger partial charge in [-0.3, -0.25) is 4.79 Å². The third-order valence-electron chi connectivity index (χ3n) is 4.67. The molecular formula is C20H26N4O2. The predicted octanol–water partition coefficient (Wildman–Crippen LogP) is 3.16. The van der Waals surface area contributed by atoms with Gasteiger partial charge in [-0.1, -0.05) is 31.0 Å². The molecule has 0 atom stereocenters. The summed E-state index contributed by atoms with van der Waals surface area (Å²) in [7, 11) is 1.68. The SMILES string of the molecule is COc1ccccc1CCNc1ccc(C(=O)N2CCCCCC2)nn1. The second-order valence-electron chi connectivity index (χ2n) is 6.50. The van der Waals surface area contributed by atoms with Crippen LogP contribution in [0.15, 0.2) is 36.4 Å². The molecule has 0 unspecified atom stereocenters. The molecule has 0 bridgehead atoms. The van der Waals surface area contributed by atoms with Crippen LogP contribution in [0, 0.1) is 0 Å². The molecule has 0 aliphatic carbocycles. The summed E-state index contributed by atoms with van der Waals surface area (Å²) in [6.45, 7) is 2.35. The van der Waals surface area contributed by atoms with E-state index in [9.17, 15) is 4.79 Å². The molecule has 1 aliphatic heterocycles. The third-order valence-corrected chi connectivity index (χ3v) is 4.67. The van der Waals surface area contributed by atoms with E-state index < -0.39 is 0 Å². The van der Waals surface area contributed by atoms with Crippen LogP contribution >= 0.6 is 0 Å². The molecule has 138 valence electrons. The fourth-order valence-electron chi connectivity index (χ4n) is 3.21. The van der Waals surface area contributed by atoms with Crippen LogP contribution in [0.1, 0.15) is 41.7 Å². The summed E-state index contributed by atoms with van der Waals surface area (Å²) in [6, 6.07) is 11.5. The Labute approximate surface area is 154 Å². The van der Waals surface area contributed by atoms with Crippen molar-refractivity contribution in [2.75, 3.05) is 32.1 Å². The van der Waals surface area contributed by atoms with E-state index in [2.05, 4.69) is 21.6 Å². The number of carbonyl (C=O) groups excluding carboxylic acids is 1. The highest BCUT2D eigenvalue weighted by Crippen LogP contribution is 2.18. The Bertz CT molecular complexity index is 710. The van der Waals surface area contributed by atoms with Crippen LogP contribution in [0.5, 0.6) is 5.75 Å². The fraction of sp³-hybridized carbons (Fsp3) is 0.450. The number of ether oxygens (including phenoxy) is 1. The number of rotatable bonds is 6. The van der Waals surface area contributed by atoms with Crippen LogP contribution in [0.25, 0.3) is 0 Å². The van der Waals surface area contributed by atoms with E-state index in [1.807, 2.05) is 29.2 Å². The lowest BCUT2D eigenvalue weighted by atomic mass is 10.1. The summed E-state index contributed by atoms with van der Waals surface area (Å²) in [5.74, 6) is 1.55. The third kappa shape index (κ3) is 4.71. The Morgan fingerprint density at radius 3 is 2.54 bits per heavy atom. The molecule has 1 aromatic carbocycles. The van der Waals surface area contributed by atoms with Gasteiger partial charge in [-0.2, -0.15) is 0 Å². The largest absolute Gasteiger partial charge is 0.496 e. The van der Waals surface area contributed by atoms with Gasteiger partial charge in [0.25, 0.3) is 5.91 Å². The quantitative estimate of drug-likeness (QED) is 0.863. The molecule has 0 spiro atoms. The number of hydrogen-bond acceptors (Lipinski definition) is 5. The number of methoxy groups -OCH3 is 1. The maximum atomic E-state index is 12.5. The van der Waals surface area contributed by atoms with Crippen LogP contribution in [0.3, 0.4) is 0 Å². The van der Waals surface area contributed by atoms with Gasteiger partial charge in [-0.15, -0.1) is 10.2 Å². The zero-order valence-electron chi connectivity index (χ0n) is 15.3. The van der Waals surface area contributed by atoms with Crippen molar-refractivity contribution < 1.29 is 9.53 Å². The first-order chi connectivity index (χ1) is 12.8. The monoisotopic (exact) mass is 354 g/mol. The number of hydrogen-bond donors (Lipinski definition) is 1. The summed E-state index contributed by atoms with van der Waals surface area (Å²) in [4.78, 5) is 14.4. The van der Waals surface area contributed by atoms with Gasteiger partial charge in [0.2, 0.25) is 0 Å². The molecule has 1 N–H and O–H groups in total. The van der Waals surface area contributed by atoms with Crippen LogP contribution < -0.4 is 10.1 Å². The molecule has 1 saturated heterocycles. The minimum Gasteiger partial charge on any atom is -0.496 e. The lowest BCUT2D eigenvalue weighted by molar-refractivity contribution is 0.0754. The summed E-state index contributed by atoms with van der Waals surface area (Å²) >= 11 is 0. The first kappa shape index (κ1) is 18.2. The smallest absolute Gasteiger partial charge is 0.274 e. The van der Waals surface area contributed by atoms with Gasteiger partial charge in [-0.05, 0) is 43.0 Å². The molecule has 1 amide bonds. The Kier molecular flexibility index (Phi) is 6.41. The van der Waals surface area contributed by atoms with E-state index in [0.717, 1.165) is 43.7 Å². The fourth-order valence-corrected chi connectivity index (χ4v) is 3.21. The van der Waals surface area contributed by atoms with Gasteiger partial charge in [0, 0.05) is 19.6 Å². The average Bonchev–Trinajstić information content (AvgIpc) is 2.98. The van der Waals surface area contributed by atoms with Gasteiger partial charge in [0.1, 0.15) is 11.6 Å². The maximum absolute atomic E-state index is 12.5. The number of para-hydroxylation sites is 1. The van der Waals surface area contributed by atoms with E-state index in [0.29, 0.717) is 18.1 Å². The summed E-state index contributed by atoms with van der Waals surface area (Å²) in [5, 5.41) is 11.5. The second-order valence-corrected chi connectivity index (χ2v) is 6.50. The number of nitrogens with zero attached hydrogens (tertiary/aromatic N) is 3. The van der Waals surface area contributed by atoms with Crippen molar-refractivity contribution in [1.29, 1.82) is 0 Å². The van der Waals surface area contributed by atoms with Crippen LogP contribution in [-0.4, -0.2) is 47.7 Å². The Morgan fingerprint density at radius 1 is 1.08 bits per heavy atom. The first-order valence-corrected chi connectivity index (χ1v) is 9.26. The van der Waals surface area contributed by atoms with E-state index in [4.69, 9.17) is 4.74 Å². The van der Waals surface area contributed by atoms with Crippen molar-refractivity contribution in [1.82, 2.24) is 15.1 Å². The zero-order chi connectivity index (χ0) is 18.2. The number of benzene rings is 1. The number of nitrogens with one attached hydrogen (secondary N) is 1. The second kappa shape index (κ2) is 9.17. The lowest BCUT2D eigenvalue weighted by Gasteiger charge is -2.19. The molecule has 3 rings (SSSR count). The van der Waals surface area contributed by atoms with Crippen molar-refractivity contribution in [2.24, 2.45) is 0 Å². The topological polar surface area (TPSA) is 67.3 Å². The highest BCUT2D eigenvalue weighted by Gasteiger charge is 2.18. The average molecular weight is 354 g/mol. The molecule has 6 nitrogen and oxygen atoms in total. The minimum absolute atomic E-state index is 0.0139. The van der Waals surface area contributed by atoms with E-state index in [-0.39, 0.29) is 5.91 Å². The number of carbonyl (C=O) groups is 1. The Morgan fingerprint density at radius 2 is 1.85 bits per heavy atom. The van der Waals surface area contributed by atoms with Crippen molar-refractivity contribution in [3.63, 3.8) is 0 Å². The Balaban J connectivity index is 1.53. The molecule has 0 radical (unpaired) electrons. The summed E-state index contributed by atoms with van der Waals surface area (Å²) in [6.07, 6.45) is 5.36. The van der Waals surface area contributed by atoms with Crippen molar-refractivity contribution >= 4 is 11.7 Å². The first-order valence-electron chi connectivity index (χ1n) is 9.26. The highest BCUT2D eigenvalue weighted by atomic mass is 16.5. The summed E-state index contributed by atoms with van der Waals surface area (Å²) < 4.78 is 5.36. The number of anilines is 1. The van der Waals surface area contributed by atoms with Gasteiger partial charge in [0.05, 0.1) is 7.11 Å². The van der Waals surface area contributed by atoms with E-state index in [1.165, 1.54) is 12.8 Å². The standard InChI is InChI=1S/C20H26N4O2/c1-26-18-9-5-4-8-16(18)12-13-21-19-11-10-17(22-23-19)20(25)24-14-6-2-3-7-15-24/h4-5,8-11H,2-3,6-7,12-15H2,1H3,(H,21,23). The zero-order valence-corrected chi connectivity index (χ0v) is 15.3. The molecular weight excluding hydrogens is 328 g/mol. The molecule has 1 aromatic heterocycles. The molecule has 1 fully saturated rings. The number of aromatic nitrogens is 2. The number of amides is 1. The molecule has 26 heavy (non-hydrogen) atoms. The van der Waals surface area contributed by atoms with E-state index in [1.54, 1.807) is 13.2 Å². The molecule has 6 heteroatoms. The maximum Gasteiger partial charge on any atom is 0.274 e. The summed E-state index contributed by atoms with van der Waals surface area (Å²) in [5.41, 5.74) is 1.56. The molecule has 2 heterocycles. The van der Waals surface area contributed by atoms with Gasteiger partial charge >= 0.3 is 0 Å². The normalized spacial score (nSPS) is 14.6. The van der Waals surface area contributed by atoms with Gasteiger partial charge in [0.15, 0.2) is 5.69 Å². The van der Waals surface area contributed by atoms with Crippen LogP contribution in [0.4, 0.5) is 5.82 Å². The molecule has 0 saturated carbocycles. The van der Waals surface area contributed by atoms with E-state index >= 15 is 0 Å². The Hall–Kier alpha value is -2.63. The van der Waals surface area contributed by atoms with Gasteiger partial charge in [-0.25, -0.2) is 0 Å². The van der Waals surface area contributed by atoms with Crippen molar-refractivity contribution in [2.45, 2.75) is 32.1 Å². The highest BCUT2D eigenvalue weighted by molar-refractivity contribution is 5.92. The molecule has 2 aromatic rings. The van der Waals surface area contributed by atoms with Crippen LogP contribution in [0.2, 0.25) is 0 Å². The predicted molar refractivity (Wildman–Crippen MR) is 102 cm³/mol. The van der Waals surface area contributed by atoms with Crippen molar-refractivity contribution in [3.05, 3.63) is 47.7 Å². The lowest BCUT2D eigenvalue weighted by Crippen LogP contribution is -2.32.